The first kappa shape index (κ1) is 12.5. The van der Waals surface area contributed by atoms with Crippen molar-refractivity contribution < 1.29 is 19.4 Å². The Labute approximate surface area is 96.9 Å². The molecule has 0 spiro atoms. The number of hydrogen-bond acceptors (Lipinski definition) is 5. The van der Waals surface area contributed by atoms with Crippen molar-refractivity contribution in [3.05, 3.63) is 29.8 Å². The molecule has 0 aromatic heterocycles. The summed E-state index contributed by atoms with van der Waals surface area (Å²) in [6.45, 7) is -0.561. The molecule has 1 aromatic carbocycles. The van der Waals surface area contributed by atoms with E-state index in [0.717, 1.165) is 0 Å². The number of urea groups is 1. The van der Waals surface area contributed by atoms with Crippen molar-refractivity contribution in [2.75, 3.05) is 6.61 Å². The van der Waals surface area contributed by atoms with Crippen LogP contribution in [0, 0.1) is 0 Å². The van der Waals surface area contributed by atoms with Gasteiger partial charge in [0.15, 0.2) is 0 Å². The van der Waals surface area contributed by atoms with Gasteiger partial charge in [-0.15, -0.1) is 0 Å². The second-order valence-electron chi connectivity index (χ2n) is 2.93. The molecule has 17 heavy (non-hydrogen) atoms. The largest absolute Gasteiger partial charge is 0.546 e. The molecule has 0 atom stereocenters. The smallest absolute Gasteiger partial charge is 0.332 e. The average molecular weight is 236 g/mol. The number of carbonyl (C=O) groups excluding carboxylic acids is 2. The maximum atomic E-state index is 10.4. The number of primary amides is 1. The van der Waals surface area contributed by atoms with Crippen molar-refractivity contribution in [2.24, 2.45) is 10.8 Å². The number of nitrogens with one attached hydrogen (secondary N) is 1. The van der Waals surface area contributed by atoms with Gasteiger partial charge in [-0.05, 0) is 12.1 Å². The molecule has 90 valence electrons. The first-order valence-electron chi connectivity index (χ1n) is 4.60. The molecule has 0 aliphatic rings. The summed E-state index contributed by atoms with van der Waals surface area (Å²) in [5.41, 5.74) is 7.32. The van der Waals surface area contributed by atoms with Crippen molar-refractivity contribution in [3.8, 4) is 5.75 Å². The number of aliphatic carboxylic acids is 1. The minimum Gasteiger partial charge on any atom is -0.546 e. The number of nitrogens with zero attached hydrogens (tertiary/aromatic N) is 1. The van der Waals surface area contributed by atoms with Gasteiger partial charge in [0.25, 0.3) is 0 Å². The van der Waals surface area contributed by atoms with Crippen LogP contribution < -0.4 is 21.0 Å². The van der Waals surface area contributed by atoms with Crippen molar-refractivity contribution in [1.29, 1.82) is 0 Å². The van der Waals surface area contributed by atoms with Crippen molar-refractivity contribution >= 4 is 18.2 Å². The standard InChI is InChI=1S/C10H11N3O4/c11-10(16)13-12-5-7-3-1-2-4-8(7)17-6-9(14)15/h1-5H,6H2,(H,14,15)(H3,11,13,16)/p-1/b12-5-. The number of ether oxygens (including phenoxy) is 1. The van der Waals surface area contributed by atoms with E-state index in [9.17, 15) is 14.7 Å². The van der Waals surface area contributed by atoms with Gasteiger partial charge in [-0.2, -0.15) is 5.10 Å². The Bertz CT molecular complexity index is 445. The van der Waals surface area contributed by atoms with Gasteiger partial charge < -0.3 is 20.4 Å². The number of carbonyl (C=O) groups is 2. The fourth-order valence-corrected chi connectivity index (χ4v) is 1.02. The molecule has 7 nitrogen and oxygen atoms in total. The number of carboxylic acids is 1. The van der Waals surface area contributed by atoms with Gasteiger partial charge in [0.05, 0.1) is 12.2 Å². The molecule has 0 radical (unpaired) electrons. The molecule has 7 heteroatoms. The second-order valence-corrected chi connectivity index (χ2v) is 2.93. The van der Waals surface area contributed by atoms with Gasteiger partial charge in [-0.1, -0.05) is 12.1 Å². The monoisotopic (exact) mass is 236 g/mol. The summed E-state index contributed by atoms with van der Waals surface area (Å²) in [4.78, 5) is 20.6. The Morgan fingerprint density at radius 1 is 1.47 bits per heavy atom. The zero-order chi connectivity index (χ0) is 12.7. The van der Waals surface area contributed by atoms with Gasteiger partial charge in [-0.25, -0.2) is 10.2 Å². The van der Waals surface area contributed by atoms with E-state index in [1.807, 2.05) is 5.43 Å². The highest BCUT2D eigenvalue weighted by atomic mass is 16.5. The normalized spacial score (nSPS) is 10.1. The van der Waals surface area contributed by atoms with Gasteiger partial charge in [0, 0.05) is 5.56 Å². The van der Waals surface area contributed by atoms with E-state index in [4.69, 9.17) is 10.5 Å². The van der Waals surface area contributed by atoms with E-state index in [1.165, 1.54) is 6.21 Å². The van der Waals surface area contributed by atoms with Crippen LogP contribution in [-0.2, 0) is 4.79 Å². The number of carboxylic acid groups (broad SMARTS) is 1. The summed E-state index contributed by atoms with van der Waals surface area (Å²) in [5.74, 6) is -1.02. The maximum Gasteiger partial charge on any atom is 0.332 e. The molecule has 0 saturated heterocycles. The topological polar surface area (TPSA) is 117 Å². The average Bonchev–Trinajstić information content (AvgIpc) is 2.27. The lowest BCUT2D eigenvalue weighted by molar-refractivity contribution is -0.307. The molecule has 0 fully saturated rings. The second kappa shape index (κ2) is 6.11. The lowest BCUT2D eigenvalue weighted by atomic mass is 10.2. The molecule has 0 unspecified atom stereocenters. The first-order chi connectivity index (χ1) is 8.09. The molecule has 3 N–H and O–H groups in total. The predicted molar refractivity (Wildman–Crippen MR) is 57.3 cm³/mol. The van der Waals surface area contributed by atoms with Gasteiger partial charge in [-0.3, -0.25) is 0 Å². The highest BCUT2D eigenvalue weighted by Crippen LogP contribution is 2.15. The van der Waals surface area contributed by atoms with Gasteiger partial charge >= 0.3 is 6.03 Å². The first-order valence-corrected chi connectivity index (χ1v) is 4.60. The number of benzene rings is 1. The molecular formula is C10H10N3O4-. The SMILES string of the molecule is NC(=O)N/N=C\c1ccccc1OCC(=O)[O-]. The Morgan fingerprint density at radius 3 is 2.82 bits per heavy atom. The van der Waals surface area contributed by atoms with Gasteiger partial charge in [0.1, 0.15) is 12.4 Å². The van der Waals surface area contributed by atoms with E-state index in [-0.39, 0.29) is 0 Å². The van der Waals surface area contributed by atoms with Crippen LogP contribution in [0.3, 0.4) is 0 Å². The Hall–Kier alpha value is -2.57. The quantitative estimate of drug-likeness (QED) is 0.494. The van der Waals surface area contributed by atoms with Crippen molar-refractivity contribution in [3.63, 3.8) is 0 Å². The number of hydrogen-bond donors (Lipinski definition) is 2. The molecule has 0 heterocycles. The molecular weight excluding hydrogens is 226 g/mol. The zero-order valence-corrected chi connectivity index (χ0v) is 8.75. The van der Waals surface area contributed by atoms with Crippen molar-refractivity contribution in [2.45, 2.75) is 0 Å². The van der Waals surface area contributed by atoms with E-state index >= 15 is 0 Å². The number of amides is 2. The van der Waals surface area contributed by atoms with Crippen LogP contribution in [-0.4, -0.2) is 24.8 Å². The molecule has 0 bridgehead atoms. The summed E-state index contributed by atoms with van der Waals surface area (Å²) in [7, 11) is 0. The predicted octanol–water partition coefficient (Wildman–Crippen LogP) is -1.18. The molecule has 0 aliphatic carbocycles. The molecule has 0 aliphatic heterocycles. The van der Waals surface area contributed by atoms with Crippen LogP contribution in [0.25, 0.3) is 0 Å². The maximum absolute atomic E-state index is 10.4. The summed E-state index contributed by atoms with van der Waals surface area (Å²) in [6.07, 6.45) is 1.29. The Morgan fingerprint density at radius 2 is 2.18 bits per heavy atom. The lowest BCUT2D eigenvalue weighted by Gasteiger charge is -2.08. The third-order valence-corrected chi connectivity index (χ3v) is 1.64. The summed E-state index contributed by atoms with van der Waals surface area (Å²) in [6, 6.07) is 5.78. The number of rotatable bonds is 5. The van der Waals surface area contributed by atoms with Crippen LogP contribution in [0.15, 0.2) is 29.4 Å². The van der Waals surface area contributed by atoms with E-state index in [2.05, 4.69) is 5.10 Å². The van der Waals surface area contributed by atoms with Crippen LogP contribution in [0.1, 0.15) is 5.56 Å². The summed E-state index contributed by atoms with van der Waals surface area (Å²) < 4.78 is 4.96. The van der Waals surface area contributed by atoms with Gasteiger partial charge in [0.2, 0.25) is 0 Å². The summed E-state index contributed by atoms with van der Waals surface area (Å²) >= 11 is 0. The molecule has 0 saturated carbocycles. The highest BCUT2D eigenvalue weighted by Gasteiger charge is 2.00. The lowest BCUT2D eigenvalue weighted by Crippen LogP contribution is -2.29. The number of para-hydroxylation sites is 1. The zero-order valence-electron chi connectivity index (χ0n) is 8.75. The highest BCUT2D eigenvalue weighted by molar-refractivity contribution is 5.84. The molecule has 1 rings (SSSR count). The fraction of sp³-hybridized carbons (Fsp3) is 0.100. The van der Waals surface area contributed by atoms with Crippen LogP contribution in [0.4, 0.5) is 4.79 Å². The Kier molecular flexibility index (Phi) is 4.49. The molecule has 1 aromatic rings. The van der Waals surface area contributed by atoms with E-state index < -0.39 is 18.6 Å². The number of nitrogens with two attached hydrogens (primary N) is 1. The third-order valence-electron chi connectivity index (χ3n) is 1.64. The minimum atomic E-state index is -1.33. The van der Waals surface area contributed by atoms with E-state index in [0.29, 0.717) is 11.3 Å². The van der Waals surface area contributed by atoms with Crippen LogP contribution in [0.5, 0.6) is 5.75 Å². The third kappa shape index (κ3) is 4.65. The number of hydrazone groups is 1. The fourth-order valence-electron chi connectivity index (χ4n) is 1.02. The minimum absolute atomic E-state index is 0.312. The molecule has 2 amide bonds. The summed E-state index contributed by atoms with van der Waals surface area (Å²) in [5, 5.41) is 13.8. The van der Waals surface area contributed by atoms with Crippen LogP contribution in [0.2, 0.25) is 0 Å². The Balaban J connectivity index is 2.73. The van der Waals surface area contributed by atoms with Crippen molar-refractivity contribution in [1.82, 2.24) is 5.43 Å². The van der Waals surface area contributed by atoms with Crippen LogP contribution >= 0.6 is 0 Å². The van der Waals surface area contributed by atoms with E-state index in [1.54, 1.807) is 24.3 Å².